The molecule has 0 bridgehead atoms. The van der Waals surface area contributed by atoms with Crippen LogP contribution in [0.4, 0.5) is 0 Å². The summed E-state index contributed by atoms with van der Waals surface area (Å²) in [5.41, 5.74) is 8.11. The van der Waals surface area contributed by atoms with Crippen LogP contribution in [0.5, 0.6) is 5.88 Å². The predicted octanol–water partition coefficient (Wildman–Crippen LogP) is -1.72. The van der Waals surface area contributed by atoms with Gasteiger partial charge in [-0.2, -0.15) is 0 Å². The van der Waals surface area contributed by atoms with Crippen molar-refractivity contribution in [3.05, 3.63) is 27.5 Å². The number of H-pyrrole nitrogens is 1. The Labute approximate surface area is 77.3 Å². The van der Waals surface area contributed by atoms with Gasteiger partial charge in [0.1, 0.15) is 5.56 Å². The number of aromatic hydroxyl groups is 1. The molecule has 0 aromatic carbocycles. The molecule has 0 aliphatic carbocycles. The molecule has 0 saturated heterocycles. The third-order valence-corrected chi connectivity index (χ3v) is 1.54. The van der Waals surface area contributed by atoms with Crippen molar-refractivity contribution in [2.75, 3.05) is 0 Å². The van der Waals surface area contributed by atoms with Crippen molar-refractivity contribution >= 4 is 11.8 Å². The third kappa shape index (κ3) is 1.56. The van der Waals surface area contributed by atoms with Crippen molar-refractivity contribution in [3.8, 4) is 5.88 Å². The Balaban J connectivity index is 3.61. The average molecular weight is 197 g/mol. The number of aromatic nitrogens is 1. The number of carbonyl (C=O) groups excluding carboxylic acids is 2. The molecule has 1 aromatic heterocycles. The number of primary amides is 2. The lowest BCUT2D eigenvalue weighted by atomic mass is 10.1. The molecule has 2 amide bonds. The van der Waals surface area contributed by atoms with Gasteiger partial charge in [-0.3, -0.25) is 19.4 Å². The molecule has 0 spiro atoms. The van der Waals surface area contributed by atoms with Crippen LogP contribution >= 0.6 is 0 Å². The van der Waals surface area contributed by atoms with E-state index in [0.29, 0.717) is 0 Å². The normalized spacial score (nSPS) is 9.71. The fourth-order valence-electron chi connectivity index (χ4n) is 0.990. The second kappa shape index (κ2) is 3.21. The minimum absolute atomic E-state index is 0.404. The van der Waals surface area contributed by atoms with E-state index in [9.17, 15) is 14.4 Å². The van der Waals surface area contributed by atoms with Crippen molar-refractivity contribution in [1.29, 1.82) is 0 Å². The van der Waals surface area contributed by atoms with Crippen molar-refractivity contribution in [2.24, 2.45) is 11.5 Å². The van der Waals surface area contributed by atoms with Gasteiger partial charge < -0.3 is 16.6 Å². The fraction of sp³-hybridized carbons (Fsp3) is 0. The molecule has 0 unspecified atom stereocenters. The Bertz CT molecular complexity index is 462. The predicted molar refractivity (Wildman–Crippen MR) is 45.8 cm³/mol. The van der Waals surface area contributed by atoms with Gasteiger partial charge in [0.25, 0.3) is 11.5 Å². The molecule has 6 N–H and O–H groups in total. The molecule has 0 aliphatic rings. The second-order valence-corrected chi connectivity index (χ2v) is 2.50. The summed E-state index contributed by atoms with van der Waals surface area (Å²) < 4.78 is 0. The lowest BCUT2D eigenvalue weighted by Crippen LogP contribution is -2.24. The first-order chi connectivity index (χ1) is 6.43. The van der Waals surface area contributed by atoms with Crippen molar-refractivity contribution in [3.63, 3.8) is 0 Å². The summed E-state index contributed by atoms with van der Waals surface area (Å²) in [7, 11) is 0. The zero-order chi connectivity index (χ0) is 10.9. The van der Waals surface area contributed by atoms with E-state index in [1.54, 1.807) is 0 Å². The zero-order valence-electron chi connectivity index (χ0n) is 6.90. The van der Waals surface area contributed by atoms with Crippen LogP contribution in [0.1, 0.15) is 20.7 Å². The maximum Gasteiger partial charge on any atom is 0.254 e. The Hall–Kier alpha value is -2.31. The maximum absolute atomic E-state index is 10.8. The molecular formula is C7H7N3O4. The standard InChI is InChI=1S/C7H7N3O4/c8-5(12)2-1-3(11)10-7(14)4(2)6(9)13/h1H,(H2,8,12)(H2,9,13)(H2,10,11,14). The van der Waals surface area contributed by atoms with Crippen molar-refractivity contribution in [2.45, 2.75) is 0 Å². The topological polar surface area (TPSA) is 139 Å². The highest BCUT2D eigenvalue weighted by atomic mass is 16.3. The summed E-state index contributed by atoms with van der Waals surface area (Å²) in [6.07, 6.45) is 0. The summed E-state index contributed by atoms with van der Waals surface area (Å²) in [5.74, 6) is -2.83. The van der Waals surface area contributed by atoms with Gasteiger partial charge in [0.05, 0.1) is 5.56 Å². The van der Waals surface area contributed by atoms with Crippen LogP contribution in [0.15, 0.2) is 10.9 Å². The van der Waals surface area contributed by atoms with Crippen LogP contribution in [0, 0.1) is 0 Å². The molecule has 7 nitrogen and oxygen atoms in total. The number of pyridine rings is 1. The molecule has 0 saturated carbocycles. The van der Waals surface area contributed by atoms with Gasteiger partial charge in [0.2, 0.25) is 11.8 Å². The Morgan fingerprint density at radius 1 is 1.29 bits per heavy atom. The van der Waals surface area contributed by atoms with Crippen LogP contribution in [0.2, 0.25) is 0 Å². The second-order valence-electron chi connectivity index (χ2n) is 2.50. The molecular weight excluding hydrogens is 190 g/mol. The summed E-state index contributed by atoms with van der Waals surface area (Å²) >= 11 is 0. The molecule has 0 fully saturated rings. The number of nitrogens with two attached hydrogens (primary N) is 2. The van der Waals surface area contributed by atoms with E-state index in [0.717, 1.165) is 6.07 Å². The molecule has 0 radical (unpaired) electrons. The summed E-state index contributed by atoms with van der Waals surface area (Å²) in [6, 6.07) is 0.794. The van der Waals surface area contributed by atoms with E-state index in [2.05, 4.69) is 0 Å². The van der Waals surface area contributed by atoms with Crippen LogP contribution in [0.3, 0.4) is 0 Å². The van der Waals surface area contributed by atoms with Gasteiger partial charge in [-0.1, -0.05) is 0 Å². The number of nitrogens with one attached hydrogen (secondary N) is 1. The molecule has 0 atom stereocenters. The van der Waals surface area contributed by atoms with Gasteiger partial charge >= 0.3 is 0 Å². The number of aromatic amines is 1. The van der Waals surface area contributed by atoms with Gasteiger partial charge in [0, 0.05) is 6.07 Å². The fourth-order valence-corrected chi connectivity index (χ4v) is 0.990. The van der Waals surface area contributed by atoms with E-state index >= 15 is 0 Å². The van der Waals surface area contributed by atoms with Crippen LogP contribution in [-0.4, -0.2) is 21.9 Å². The minimum Gasteiger partial charge on any atom is -0.494 e. The lowest BCUT2D eigenvalue weighted by molar-refractivity contribution is 0.0964. The number of hydrogen-bond acceptors (Lipinski definition) is 4. The summed E-state index contributed by atoms with van der Waals surface area (Å²) in [5, 5.41) is 9.13. The number of hydrogen-bond donors (Lipinski definition) is 4. The Kier molecular flexibility index (Phi) is 2.24. The van der Waals surface area contributed by atoms with Gasteiger partial charge in [-0.25, -0.2) is 0 Å². The van der Waals surface area contributed by atoms with E-state index < -0.39 is 34.4 Å². The van der Waals surface area contributed by atoms with E-state index in [-0.39, 0.29) is 0 Å². The first kappa shape index (κ1) is 9.78. The highest BCUT2D eigenvalue weighted by Gasteiger charge is 2.18. The molecule has 0 aliphatic heterocycles. The Morgan fingerprint density at radius 3 is 2.29 bits per heavy atom. The highest BCUT2D eigenvalue weighted by molar-refractivity contribution is 6.07. The zero-order valence-corrected chi connectivity index (χ0v) is 6.90. The molecule has 14 heavy (non-hydrogen) atoms. The molecule has 1 heterocycles. The van der Waals surface area contributed by atoms with Gasteiger partial charge in [0.15, 0.2) is 0 Å². The summed E-state index contributed by atoms with van der Waals surface area (Å²) in [4.78, 5) is 34.3. The number of amides is 2. The molecule has 74 valence electrons. The van der Waals surface area contributed by atoms with Crippen LogP contribution in [0.25, 0.3) is 0 Å². The molecule has 7 heteroatoms. The van der Waals surface area contributed by atoms with Crippen molar-refractivity contribution < 1.29 is 14.7 Å². The largest absolute Gasteiger partial charge is 0.494 e. The van der Waals surface area contributed by atoms with E-state index in [1.807, 2.05) is 4.98 Å². The maximum atomic E-state index is 10.8. The van der Waals surface area contributed by atoms with Crippen LogP contribution < -0.4 is 17.0 Å². The molecule has 1 rings (SSSR count). The highest BCUT2D eigenvalue weighted by Crippen LogP contribution is 2.14. The lowest BCUT2D eigenvalue weighted by Gasteiger charge is -2.03. The summed E-state index contributed by atoms with van der Waals surface area (Å²) in [6.45, 7) is 0. The van der Waals surface area contributed by atoms with Crippen molar-refractivity contribution in [1.82, 2.24) is 4.98 Å². The monoisotopic (exact) mass is 197 g/mol. The molecule has 1 aromatic rings. The Morgan fingerprint density at radius 2 is 1.86 bits per heavy atom. The third-order valence-electron chi connectivity index (χ3n) is 1.54. The van der Waals surface area contributed by atoms with Gasteiger partial charge in [-0.05, 0) is 0 Å². The minimum atomic E-state index is -1.05. The number of rotatable bonds is 2. The average Bonchev–Trinajstić information content (AvgIpc) is 2.01. The van der Waals surface area contributed by atoms with Gasteiger partial charge in [-0.15, -0.1) is 0 Å². The van der Waals surface area contributed by atoms with E-state index in [1.165, 1.54) is 0 Å². The smallest absolute Gasteiger partial charge is 0.254 e. The quantitative estimate of drug-likeness (QED) is 0.447. The van der Waals surface area contributed by atoms with E-state index in [4.69, 9.17) is 16.6 Å². The van der Waals surface area contributed by atoms with Crippen LogP contribution in [-0.2, 0) is 0 Å². The number of carbonyl (C=O) groups is 2. The first-order valence-electron chi connectivity index (χ1n) is 3.49. The first-order valence-corrected chi connectivity index (χ1v) is 3.49. The SMILES string of the molecule is NC(=O)c1cc(=O)[nH]c(O)c1C(N)=O.